The van der Waals surface area contributed by atoms with E-state index in [0.29, 0.717) is 0 Å². The average Bonchev–Trinajstić information content (AvgIpc) is 3.25. The Bertz CT molecular complexity index is 1130. The van der Waals surface area contributed by atoms with Gasteiger partial charge in [-0.05, 0) is 68.9 Å². The van der Waals surface area contributed by atoms with Crippen LogP contribution in [-0.4, -0.2) is 0 Å². The van der Waals surface area contributed by atoms with Gasteiger partial charge >= 0.3 is 0 Å². The van der Waals surface area contributed by atoms with Gasteiger partial charge in [-0.3, -0.25) is 0 Å². The number of hydrogen-bond acceptors (Lipinski definition) is 2. The van der Waals surface area contributed by atoms with Gasteiger partial charge in [0.15, 0.2) is 0 Å². The summed E-state index contributed by atoms with van der Waals surface area (Å²) in [5.74, 6) is 0. The highest BCUT2D eigenvalue weighted by molar-refractivity contribution is 6.06. The van der Waals surface area contributed by atoms with Gasteiger partial charge in [-0.15, -0.1) is 0 Å². The molecular formula is C25H18N2. The average molecular weight is 346 g/mol. The monoisotopic (exact) mass is 346 g/mol. The Kier molecular flexibility index (Phi) is 2.60. The zero-order chi connectivity index (χ0) is 18.2. The first kappa shape index (κ1) is 14.6. The number of fused-ring (bicyclic) bond motifs is 8. The molecule has 2 heteroatoms. The maximum atomic E-state index is 6.70. The molecule has 128 valence electrons. The molecule has 4 N–H and O–H groups in total. The SMILES string of the molecule is NC1=CC=C2C(=Cc3ccccc32)C12C(N)=CC=C1C2=Cc2ccccc21. The van der Waals surface area contributed by atoms with Gasteiger partial charge in [-0.25, -0.2) is 0 Å². The van der Waals surface area contributed by atoms with Gasteiger partial charge in [0.05, 0.1) is 0 Å². The highest BCUT2D eigenvalue weighted by atomic mass is 14.8. The molecule has 0 bridgehead atoms. The Balaban J connectivity index is 1.66. The lowest BCUT2D eigenvalue weighted by atomic mass is 9.62. The van der Waals surface area contributed by atoms with Crippen LogP contribution < -0.4 is 11.5 Å². The lowest BCUT2D eigenvalue weighted by Crippen LogP contribution is -2.40. The van der Waals surface area contributed by atoms with Gasteiger partial charge in [0.1, 0.15) is 5.41 Å². The third-order valence-electron chi connectivity index (χ3n) is 6.22. The van der Waals surface area contributed by atoms with E-state index in [0.717, 1.165) is 11.4 Å². The smallest absolute Gasteiger partial charge is 0.100 e. The van der Waals surface area contributed by atoms with Gasteiger partial charge in [0.25, 0.3) is 0 Å². The third-order valence-corrected chi connectivity index (χ3v) is 6.22. The summed E-state index contributed by atoms with van der Waals surface area (Å²) in [4.78, 5) is 0. The minimum atomic E-state index is -0.605. The summed E-state index contributed by atoms with van der Waals surface area (Å²) in [6, 6.07) is 17.0. The Morgan fingerprint density at radius 3 is 1.48 bits per heavy atom. The first-order valence-corrected chi connectivity index (χ1v) is 9.21. The number of nitrogens with two attached hydrogens (primary N) is 2. The van der Waals surface area contributed by atoms with Crippen LogP contribution in [0, 0.1) is 5.41 Å². The molecule has 4 aliphatic carbocycles. The summed E-state index contributed by atoms with van der Waals surface area (Å²) in [5, 5.41) is 0. The molecule has 2 aromatic carbocycles. The molecule has 0 atom stereocenters. The predicted octanol–water partition coefficient (Wildman–Crippen LogP) is 4.65. The van der Waals surface area contributed by atoms with Gasteiger partial charge in [-0.1, -0.05) is 60.7 Å². The first-order valence-electron chi connectivity index (χ1n) is 9.21. The maximum Gasteiger partial charge on any atom is 0.100 e. The molecule has 1 spiro atoms. The second kappa shape index (κ2) is 4.80. The van der Waals surface area contributed by atoms with Crippen molar-refractivity contribution in [2.24, 2.45) is 16.9 Å². The van der Waals surface area contributed by atoms with Crippen LogP contribution in [0.15, 0.2) is 95.4 Å². The Hall–Kier alpha value is -3.52. The van der Waals surface area contributed by atoms with Crippen LogP contribution in [0.2, 0.25) is 0 Å². The molecule has 2 nitrogen and oxygen atoms in total. The van der Waals surface area contributed by atoms with Crippen molar-refractivity contribution >= 4 is 23.3 Å². The van der Waals surface area contributed by atoms with E-state index in [4.69, 9.17) is 11.5 Å². The zero-order valence-electron chi connectivity index (χ0n) is 14.7. The van der Waals surface area contributed by atoms with E-state index in [1.54, 1.807) is 0 Å². The van der Waals surface area contributed by atoms with E-state index < -0.39 is 5.41 Å². The molecule has 27 heavy (non-hydrogen) atoms. The predicted molar refractivity (Wildman–Crippen MR) is 112 cm³/mol. The molecule has 6 rings (SSSR count). The minimum absolute atomic E-state index is 0.605. The summed E-state index contributed by atoms with van der Waals surface area (Å²) in [6.45, 7) is 0. The third kappa shape index (κ3) is 1.61. The fraction of sp³-hybridized carbons (Fsp3) is 0.0400. The molecular weight excluding hydrogens is 328 g/mol. The first-order chi connectivity index (χ1) is 13.2. The highest BCUT2D eigenvalue weighted by Crippen LogP contribution is 2.61. The lowest BCUT2D eigenvalue weighted by Gasteiger charge is -2.42. The van der Waals surface area contributed by atoms with Crippen molar-refractivity contribution in [2.75, 3.05) is 0 Å². The highest BCUT2D eigenvalue weighted by Gasteiger charge is 2.51. The van der Waals surface area contributed by atoms with Crippen molar-refractivity contribution < 1.29 is 0 Å². The minimum Gasteiger partial charge on any atom is -0.401 e. The van der Waals surface area contributed by atoms with Crippen LogP contribution in [0.1, 0.15) is 22.3 Å². The fourth-order valence-electron chi connectivity index (χ4n) is 5.00. The zero-order valence-corrected chi connectivity index (χ0v) is 14.7. The van der Waals surface area contributed by atoms with E-state index in [1.165, 1.54) is 44.5 Å². The second-order valence-corrected chi connectivity index (χ2v) is 7.45. The van der Waals surface area contributed by atoms with E-state index in [9.17, 15) is 0 Å². The molecule has 0 saturated carbocycles. The van der Waals surface area contributed by atoms with Crippen molar-refractivity contribution in [2.45, 2.75) is 0 Å². The maximum absolute atomic E-state index is 6.70. The topological polar surface area (TPSA) is 52.0 Å². The molecule has 0 fully saturated rings. The molecule has 0 radical (unpaired) electrons. The summed E-state index contributed by atoms with van der Waals surface area (Å²) >= 11 is 0. The van der Waals surface area contributed by atoms with Crippen molar-refractivity contribution in [3.05, 3.63) is 118 Å². The van der Waals surface area contributed by atoms with Crippen LogP contribution in [-0.2, 0) is 0 Å². The van der Waals surface area contributed by atoms with Crippen molar-refractivity contribution in [1.82, 2.24) is 0 Å². The summed E-state index contributed by atoms with van der Waals surface area (Å²) in [7, 11) is 0. The molecule has 0 heterocycles. The van der Waals surface area contributed by atoms with Crippen molar-refractivity contribution in [1.29, 1.82) is 0 Å². The van der Waals surface area contributed by atoms with Crippen molar-refractivity contribution in [3.8, 4) is 0 Å². The molecule has 0 amide bonds. The quantitative estimate of drug-likeness (QED) is 0.730. The van der Waals surface area contributed by atoms with E-state index in [2.05, 4.69) is 72.8 Å². The molecule has 0 aromatic heterocycles. The molecule has 4 aliphatic rings. The molecule has 2 aromatic rings. The number of hydrogen-bond donors (Lipinski definition) is 2. The van der Waals surface area contributed by atoms with Gasteiger partial charge in [0, 0.05) is 11.4 Å². The molecule has 0 saturated heterocycles. The van der Waals surface area contributed by atoms with Crippen LogP contribution >= 0.6 is 0 Å². The summed E-state index contributed by atoms with van der Waals surface area (Å²) < 4.78 is 0. The van der Waals surface area contributed by atoms with Crippen LogP contribution in [0.5, 0.6) is 0 Å². The van der Waals surface area contributed by atoms with Crippen molar-refractivity contribution in [3.63, 3.8) is 0 Å². The van der Waals surface area contributed by atoms with E-state index >= 15 is 0 Å². The summed E-state index contributed by atoms with van der Waals surface area (Å²) in [6.07, 6.45) is 12.8. The number of rotatable bonds is 0. The van der Waals surface area contributed by atoms with E-state index in [-0.39, 0.29) is 0 Å². The largest absolute Gasteiger partial charge is 0.401 e. The normalized spacial score (nSPS) is 20.3. The molecule has 0 aliphatic heterocycles. The number of allylic oxidation sites excluding steroid dienone is 6. The number of benzene rings is 2. The fourth-order valence-corrected chi connectivity index (χ4v) is 5.00. The Labute approximate surface area is 158 Å². The van der Waals surface area contributed by atoms with Gasteiger partial charge < -0.3 is 11.5 Å². The second-order valence-electron chi connectivity index (χ2n) is 7.45. The Morgan fingerprint density at radius 2 is 1.00 bits per heavy atom. The van der Waals surface area contributed by atoms with Gasteiger partial charge in [0.2, 0.25) is 0 Å². The van der Waals surface area contributed by atoms with Crippen LogP contribution in [0.4, 0.5) is 0 Å². The van der Waals surface area contributed by atoms with E-state index in [1.807, 2.05) is 12.2 Å². The lowest BCUT2D eigenvalue weighted by molar-refractivity contribution is 0.628. The molecule has 0 unspecified atom stereocenters. The Morgan fingerprint density at radius 1 is 0.556 bits per heavy atom. The summed E-state index contributed by atoms with van der Waals surface area (Å²) in [5.41, 5.74) is 24.1. The van der Waals surface area contributed by atoms with Crippen LogP contribution in [0.3, 0.4) is 0 Å². The van der Waals surface area contributed by atoms with Gasteiger partial charge in [-0.2, -0.15) is 0 Å². The van der Waals surface area contributed by atoms with Crippen LogP contribution in [0.25, 0.3) is 23.3 Å². The standard InChI is InChI=1S/C25H18N2/c26-23-11-9-19-17-7-3-1-5-15(17)13-21(19)25(23)22-14-16-6-2-4-8-18(16)20(22)10-12-24(25)27/h1-14H,26-27H2.